The second-order valence-corrected chi connectivity index (χ2v) is 4.38. The normalized spacial score (nSPS) is 41.1. The van der Waals surface area contributed by atoms with Gasteiger partial charge in [0.15, 0.2) is 0 Å². The van der Waals surface area contributed by atoms with E-state index in [2.05, 4.69) is 18.7 Å². The predicted molar refractivity (Wildman–Crippen MR) is 53.3 cm³/mol. The highest BCUT2D eigenvalue weighted by Crippen LogP contribution is 2.57. The van der Waals surface area contributed by atoms with Crippen LogP contribution in [0, 0.1) is 17.3 Å². The number of hydrogen-bond donors (Lipinski definition) is 0. The maximum Gasteiger partial charge on any atom is 0.141 e. The largest absolute Gasteiger partial charge is 0.299 e. The van der Waals surface area contributed by atoms with E-state index < -0.39 is 0 Å². The molecule has 0 aromatic carbocycles. The van der Waals surface area contributed by atoms with Crippen LogP contribution in [0.2, 0.25) is 0 Å². The minimum absolute atomic E-state index is 0.222. The molecule has 2 rings (SSSR count). The van der Waals surface area contributed by atoms with E-state index in [4.69, 9.17) is 0 Å². The minimum Gasteiger partial charge on any atom is -0.299 e. The molecule has 70 valence electrons. The molecule has 1 fully saturated rings. The third kappa shape index (κ3) is 0.849. The second-order valence-electron chi connectivity index (χ2n) is 4.38. The van der Waals surface area contributed by atoms with Crippen LogP contribution in [0.3, 0.4) is 0 Å². The van der Waals surface area contributed by atoms with Gasteiger partial charge in [-0.15, -0.1) is 0 Å². The molecule has 2 atom stereocenters. The Kier molecular flexibility index (Phi) is 1.73. The van der Waals surface area contributed by atoms with Crippen molar-refractivity contribution in [1.29, 1.82) is 0 Å². The lowest BCUT2D eigenvalue weighted by Crippen LogP contribution is -2.35. The van der Waals surface area contributed by atoms with Gasteiger partial charge in [-0.25, -0.2) is 0 Å². The molecular weight excluding hydrogens is 160 g/mol. The van der Waals surface area contributed by atoms with Crippen molar-refractivity contribution in [1.82, 2.24) is 0 Å². The van der Waals surface area contributed by atoms with Gasteiger partial charge in [0.05, 0.1) is 5.41 Å². The lowest BCUT2D eigenvalue weighted by Gasteiger charge is -2.32. The molecule has 0 aliphatic heterocycles. The van der Waals surface area contributed by atoms with Gasteiger partial charge in [-0.3, -0.25) is 4.79 Å². The van der Waals surface area contributed by atoms with Crippen molar-refractivity contribution in [3.63, 3.8) is 0 Å². The molecule has 0 aromatic heterocycles. The molecule has 0 heterocycles. The summed E-state index contributed by atoms with van der Waals surface area (Å²) in [5, 5.41) is 0. The Morgan fingerprint density at radius 3 is 1.92 bits per heavy atom. The molecule has 2 bridgehead atoms. The standard InChI is InChI=1S/C12H16O/c1-8(2)12(9(3)13)10-4-5-11(12)7-6-10/h4-5,10-11H,1,6-7H2,2-3H3. The zero-order valence-corrected chi connectivity index (χ0v) is 8.34. The number of ketones is 1. The molecule has 1 saturated carbocycles. The number of allylic oxidation sites excluding steroid dienone is 3. The summed E-state index contributed by atoms with van der Waals surface area (Å²) in [4.78, 5) is 11.8. The van der Waals surface area contributed by atoms with Crippen LogP contribution in [0.4, 0.5) is 0 Å². The summed E-state index contributed by atoms with van der Waals surface area (Å²) in [6, 6.07) is 0. The molecule has 0 saturated heterocycles. The fourth-order valence-corrected chi connectivity index (χ4v) is 3.31. The molecule has 0 N–H and O–H groups in total. The van der Waals surface area contributed by atoms with Gasteiger partial charge in [0, 0.05) is 0 Å². The zero-order chi connectivity index (χ0) is 9.64. The first-order valence-electron chi connectivity index (χ1n) is 4.95. The van der Waals surface area contributed by atoms with Gasteiger partial charge in [-0.1, -0.05) is 24.3 Å². The molecule has 0 aromatic rings. The summed E-state index contributed by atoms with van der Waals surface area (Å²) in [6.07, 6.45) is 6.75. The van der Waals surface area contributed by atoms with Crippen LogP contribution in [-0.4, -0.2) is 5.78 Å². The smallest absolute Gasteiger partial charge is 0.141 e. The Hall–Kier alpha value is -0.850. The third-order valence-electron chi connectivity index (χ3n) is 3.82. The molecule has 2 aliphatic carbocycles. The zero-order valence-electron chi connectivity index (χ0n) is 8.34. The summed E-state index contributed by atoms with van der Waals surface area (Å²) in [7, 11) is 0. The highest BCUT2D eigenvalue weighted by atomic mass is 16.1. The minimum atomic E-state index is -0.222. The Morgan fingerprint density at radius 2 is 1.77 bits per heavy atom. The van der Waals surface area contributed by atoms with Crippen molar-refractivity contribution in [2.24, 2.45) is 17.3 Å². The first-order chi connectivity index (χ1) is 6.10. The van der Waals surface area contributed by atoms with E-state index >= 15 is 0 Å². The Morgan fingerprint density at radius 1 is 1.31 bits per heavy atom. The van der Waals surface area contributed by atoms with Gasteiger partial charge >= 0.3 is 0 Å². The lowest BCUT2D eigenvalue weighted by atomic mass is 9.69. The van der Waals surface area contributed by atoms with E-state index in [0.29, 0.717) is 17.6 Å². The Labute approximate surface area is 79.5 Å². The lowest BCUT2D eigenvalue weighted by molar-refractivity contribution is -0.126. The van der Waals surface area contributed by atoms with Crippen LogP contribution >= 0.6 is 0 Å². The Balaban J connectivity index is 2.48. The number of hydrogen-bond acceptors (Lipinski definition) is 1. The number of Topliss-reactive ketones (excluding diaryl/α,β-unsaturated/α-hetero) is 1. The van der Waals surface area contributed by atoms with Crippen molar-refractivity contribution in [2.75, 3.05) is 0 Å². The van der Waals surface area contributed by atoms with Crippen molar-refractivity contribution >= 4 is 5.78 Å². The van der Waals surface area contributed by atoms with Gasteiger partial charge in [0.25, 0.3) is 0 Å². The quantitative estimate of drug-likeness (QED) is 0.591. The van der Waals surface area contributed by atoms with E-state index in [1.165, 1.54) is 0 Å². The predicted octanol–water partition coefficient (Wildman–Crippen LogP) is 2.73. The van der Waals surface area contributed by atoms with Crippen LogP contribution in [0.25, 0.3) is 0 Å². The van der Waals surface area contributed by atoms with E-state index in [1.807, 2.05) is 6.92 Å². The molecule has 2 unspecified atom stereocenters. The Bertz CT molecular complexity index is 268. The number of carbonyl (C=O) groups excluding carboxylic acids is 1. The average molecular weight is 176 g/mol. The van der Waals surface area contributed by atoms with Gasteiger partial charge in [-0.05, 0) is 38.5 Å². The van der Waals surface area contributed by atoms with E-state index in [9.17, 15) is 4.79 Å². The average Bonchev–Trinajstić information content (AvgIpc) is 2.57. The maximum atomic E-state index is 11.8. The van der Waals surface area contributed by atoms with Crippen LogP contribution in [0.5, 0.6) is 0 Å². The van der Waals surface area contributed by atoms with Crippen molar-refractivity contribution in [2.45, 2.75) is 26.7 Å². The highest BCUT2D eigenvalue weighted by molar-refractivity contribution is 5.88. The summed E-state index contributed by atoms with van der Waals surface area (Å²) in [5.74, 6) is 1.18. The fourth-order valence-electron chi connectivity index (χ4n) is 3.31. The van der Waals surface area contributed by atoms with E-state index in [1.54, 1.807) is 6.92 Å². The van der Waals surface area contributed by atoms with E-state index in [0.717, 1.165) is 18.4 Å². The summed E-state index contributed by atoms with van der Waals surface area (Å²) in [6.45, 7) is 7.73. The van der Waals surface area contributed by atoms with Gasteiger partial charge in [0.2, 0.25) is 0 Å². The molecule has 13 heavy (non-hydrogen) atoms. The van der Waals surface area contributed by atoms with Crippen LogP contribution in [-0.2, 0) is 4.79 Å². The summed E-state index contributed by atoms with van der Waals surface area (Å²) < 4.78 is 0. The molecule has 2 aliphatic rings. The van der Waals surface area contributed by atoms with Crippen molar-refractivity contribution in [3.05, 3.63) is 24.3 Å². The first-order valence-corrected chi connectivity index (χ1v) is 4.95. The van der Waals surface area contributed by atoms with Gasteiger partial charge in [-0.2, -0.15) is 0 Å². The topological polar surface area (TPSA) is 17.1 Å². The number of rotatable bonds is 2. The molecule has 1 heteroatoms. The van der Waals surface area contributed by atoms with Crippen molar-refractivity contribution in [3.8, 4) is 0 Å². The maximum absolute atomic E-state index is 11.8. The monoisotopic (exact) mass is 176 g/mol. The van der Waals surface area contributed by atoms with Crippen LogP contribution in [0.1, 0.15) is 26.7 Å². The van der Waals surface area contributed by atoms with Crippen LogP contribution < -0.4 is 0 Å². The fraction of sp³-hybridized carbons (Fsp3) is 0.583. The highest BCUT2D eigenvalue weighted by Gasteiger charge is 2.55. The number of carbonyl (C=O) groups is 1. The molecule has 1 nitrogen and oxygen atoms in total. The molecular formula is C12H16O. The molecule has 0 amide bonds. The molecule has 0 spiro atoms. The second kappa shape index (κ2) is 2.57. The first kappa shape index (κ1) is 8.74. The van der Waals surface area contributed by atoms with Gasteiger partial charge < -0.3 is 0 Å². The summed E-state index contributed by atoms with van der Waals surface area (Å²) in [5.41, 5.74) is 0.831. The molecule has 0 radical (unpaired) electrons. The number of fused-ring (bicyclic) bond motifs is 2. The van der Waals surface area contributed by atoms with E-state index in [-0.39, 0.29) is 5.41 Å². The third-order valence-corrected chi connectivity index (χ3v) is 3.82. The summed E-state index contributed by atoms with van der Waals surface area (Å²) >= 11 is 0. The SMILES string of the molecule is C=C(C)C1(C(C)=O)C2C=CC1CC2. The van der Waals surface area contributed by atoms with Gasteiger partial charge in [0.1, 0.15) is 5.78 Å². The van der Waals surface area contributed by atoms with Crippen molar-refractivity contribution < 1.29 is 4.79 Å². The van der Waals surface area contributed by atoms with Crippen LogP contribution in [0.15, 0.2) is 24.3 Å².